The lowest BCUT2D eigenvalue weighted by Gasteiger charge is -2.02. The second-order valence-corrected chi connectivity index (χ2v) is 38.3. The Morgan fingerprint density at radius 2 is 0.711 bits per heavy atom. The molecule has 0 bridgehead atoms. The molecule has 0 radical (unpaired) electrons. The number of H-pyrrole nitrogens is 7. The van der Waals surface area contributed by atoms with Crippen LogP contribution in [0.5, 0.6) is 0 Å². The molecular formula is C103H90N26O7S6. The van der Waals surface area contributed by atoms with Crippen molar-refractivity contribution in [3.63, 3.8) is 0 Å². The van der Waals surface area contributed by atoms with E-state index in [2.05, 4.69) is 125 Å². The minimum Gasteiger partial charge on any atom is -0.411 e. The second-order valence-electron chi connectivity index (χ2n) is 32.3. The first-order valence-corrected chi connectivity index (χ1v) is 50.6. The number of aliphatic imine (C=N–C) groups is 3. The topological polar surface area (TPSA) is 422 Å². The quantitative estimate of drug-likeness (QED) is 0.0245. The van der Waals surface area contributed by atoms with Crippen LogP contribution in [0.2, 0.25) is 0 Å². The maximum absolute atomic E-state index is 12.4. The largest absolute Gasteiger partial charge is 0.411 e. The van der Waals surface area contributed by atoms with Gasteiger partial charge in [0.1, 0.15) is 17.5 Å². The van der Waals surface area contributed by atoms with E-state index in [1.54, 1.807) is 106 Å². The van der Waals surface area contributed by atoms with E-state index >= 15 is 0 Å². The van der Waals surface area contributed by atoms with E-state index in [0.717, 1.165) is 141 Å². The summed E-state index contributed by atoms with van der Waals surface area (Å²) in [5.41, 5.74) is 18.0. The van der Waals surface area contributed by atoms with Crippen LogP contribution in [0.1, 0.15) is 79.2 Å². The zero-order chi connectivity index (χ0) is 97.8. The average molecular weight is 2000 g/mol. The first-order valence-electron chi connectivity index (χ1n) is 44.7. The predicted octanol–water partition coefficient (Wildman–Crippen LogP) is 18.4. The maximum Gasteiger partial charge on any atom is 0.277 e. The second kappa shape index (κ2) is 45.7. The van der Waals surface area contributed by atoms with E-state index in [-0.39, 0.29) is 33.4 Å². The summed E-state index contributed by atoms with van der Waals surface area (Å²) in [4.78, 5) is 128. The lowest BCUT2D eigenvalue weighted by molar-refractivity contribution is 0.466. The molecule has 7 N–H and O–H groups in total. The van der Waals surface area contributed by atoms with Crippen LogP contribution in [0, 0.1) is 34.6 Å². The Kier molecular flexibility index (Phi) is 31.0. The third-order valence-corrected chi connectivity index (χ3v) is 27.3. The number of thioether (sulfide) groups is 6. The molecule has 33 nitrogen and oxygen atoms in total. The summed E-state index contributed by atoms with van der Waals surface area (Å²) in [7, 11) is 0. The van der Waals surface area contributed by atoms with Gasteiger partial charge in [-0.25, -0.2) is 73.3 Å². The summed E-state index contributed by atoms with van der Waals surface area (Å²) < 4.78 is 14.6. The molecule has 20 aromatic rings. The lowest BCUT2D eigenvalue weighted by Crippen LogP contribution is -2.24. The van der Waals surface area contributed by atoms with Crippen LogP contribution < -0.4 is 33.4 Å². The predicted molar refractivity (Wildman–Crippen MR) is 559 cm³/mol. The van der Waals surface area contributed by atoms with Crippen molar-refractivity contribution in [3.8, 4) is 29.0 Å². The molecular weight excluding hydrogens is 1910 g/mol. The average Bonchev–Trinajstić information content (AvgIpc) is 1.66. The van der Waals surface area contributed by atoms with Crippen molar-refractivity contribution in [1.82, 2.24) is 114 Å². The molecule has 0 fully saturated rings. The molecule has 0 amide bonds. The highest BCUT2D eigenvalue weighted by atomic mass is 32.2. The molecule has 0 atom stereocenters. The van der Waals surface area contributed by atoms with E-state index in [4.69, 9.17) is 4.42 Å². The Morgan fingerprint density at radius 3 is 1.15 bits per heavy atom. The number of nitrogens with one attached hydrogen (secondary N) is 7. The molecule has 23 rings (SSSR count). The molecule has 0 saturated carbocycles. The molecule has 39 heteroatoms. The van der Waals surface area contributed by atoms with Crippen molar-refractivity contribution >= 4 is 116 Å². The highest BCUT2D eigenvalue weighted by molar-refractivity contribution is 7.99. The van der Waals surface area contributed by atoms with Gasteiger partial charge < -0.3 is 9.40 Å². The maximum atomic E-state index is 12.4. The van der Waals surface area contributed by atoms with Gasteiger partial charge in [0.05, 0.1) is 28.1 Å². The van der Waals surface area contributed by atoms with E-state index in [1.165, 1.54) is 63.8 Å². The van der Waals surface area contributed by atoms with Gasteiger partial charge in [-0.1, -0.05) is 169 Å². The van der Waals surface area contributed by atoms with Gasteiger partial charge >= 0.3 is 0 Å². The monoisotopic (exact) mass is 1990 g/mol. The number of rotatable bonds is 22. The highest BCUT2D eigenvalue weighted by Crippen LogP contribution is 2.33. The number of aromatic nitrogens is 23. The molecule has 13 aromatic heterocycles. The fourth-order valence-corrected chi connectivity index (χ4v) is 19.7. The van der Waals surface area contributed by atoms with Gasteiger partial charge in [0.25, 0.3) is 38.6 Å². The summed E-state index contributed by atoms with van der Waals surface area (Å²) in [6, 6.07) is 88.0. The van der Waals surface area contributed by atoms with Crippen LogP contribution in [0.4, 0.5) is 17.1 Å². The third kappa shape index (κ3) is 25.1. The Balaban J connectivity index is 0.000000113. The minimum absolute atomic E-state index is 0.0554. The van der Waals surface area contributed by atoms with Crippen molar-refractivity contribution in [2.75, 3.05) is 0 Å². The number of imidazole rings is 1. The van der Waals surface area contributed by atoms with Crippen molar-refractivity contribution < 1.29 is 4.42 Å². The van der Waals surface area contributed by atoms with Crippen molar-refractivity contribution in [2.45, 2.75) is 119 Å². The smallest absolute Gasteiger partial charge is 0.277 e. The minimum atomic E-state index is -0.156. The lowest BCUT2D eigenvalue weighted by atomic mass is 10.1. The molecule has 7 aromatic carbocycles. The Bertz CT molecular complexity index is 8050. The third-order valence-electron chi connectivity index (χ3n) is 21.5. The molecule has 710 valence electrons. The number of para-hydroxylation sites is 5. The zero-order valence-corrected chi connectivity index (χ0v) is 81.9. The number of nitrogens with zero attached hydrogens (tertiary/aromatic N) is 19. The van der Waals surface area contributed by atoms with Crippen molar-refractivity contribution in [2.24, 2.45) is 15.0 Å². The summed E-state index contributed by atoms with van der Waals surface area (Å²) in [6.45, 7) is 9.74. The summed E-state index contributed by atoms with van der Waals surface area (Å²) in [5, 5.41) is 28.7. The van der Waals surface area contributed by atoms with Crippen LogP contribution in [0.15, 0.2) is 382 Å². The molecule has 3 aliphatic heterocycles. The molecule has 16 heterocycles. The number of benzene rings is 7. The van der Waals surface area contributed by atoms with Crippen LogP contribution >= 0.6 is 70.6 Å². The number of hydrogen-bond acceptors (Lipinski definition) is 26. The summed E-state index contributed by atoms with van der Waals surface area (Å²) in [5.74, 6) is 8.17. The van der Waals surface area contributed by atoms with Gasteiger partial charge in [0.2, 0.25) is 11.8 Å². The molecule has 0 unspecified atom stereocenters. The standard InChI is InChI=1S/C20H15N5O2S.C18H15N3OS.C17H16N6OS.C17H14N4OS.C16H15N3OS.C15H15N5OS/c26-18-11-15(24-25(18)17-10-14-8-4-5-9-16(14)21-17)12-28-20-23-22-19(27-20)13-6-2-1-3-7-13;22-18-11-14(12-23-15-7-2-1-3-8-15)20-21(18)17-10-13-6-4-5-9-16(13)19-17;1-10-7-11(2)19-17(18-10)25-9-12-8-15(24)23(22-12)16-20-13-5-3-4-6-14(13)21-16;22-17-9-13(11-23-14-5-3-7-18-10-14)20-21(17)16-8-12-4-1-2-6-15(12)19-16;1-12-7-8-15(17-10-12)19-16(20)9-13(18-19)11-21-14-5-3-2-4-6-14;1-10-7-11(2)18-15(17-10)22-9-12-8-14(21)20(19-12)13-5-3-4-6-16-13/h1-9,11,24H,10,12H2;1-9,11,20H,10,12H2;3-8,22H,9H2,1-2H3,(H,20,21);1-7,9-10,20H,8,11H2;2-10,18H,11H2,1H3;3-8,19H,9H2,1-2H3. The van der Waals surface area contributed by atoms with Gasteiger partial charge in [-0.05, 0) is 166 Å². The Labute approximate surface area is 836 Å². The number of aryl methyl sites for hydroxylation is 5. The normalized spacial score (nSPS) is 12.0. The number of hydrogen-bond donors (Lipinski definition) is 7. The van der Waals surface area contributed by atoms with Gasteiger partial charge in [-0.3, -0.25) is 64.3 Å². The van der Waals surface area contributed by atoms with Crippen LogP contribution in [0.25, 0.3) is 40.1 Å². The van der Waals surface area contributed by atoms with Gasteiger partial charge in [-0.15, -0.1) is 45.5 Å². The highest BCUT2D eigenvalue weighted by Gasteiger charge is 2.24. The van der Waals surface area contributed by atoms with Crippen LogP contribution in [0.3, 0.4) is 0 Å². The zero-order valence-electron chi connectivity index (χ0n) is 77.0. The SMILES string of the molecule is Cc1cc(C)nc(SCc2cc(=O)n(-c3ccccn3)[nH]2)n1.Cc1cc(C)nc(SCc2cc(=O)n(-c3nc4ccccc4[nH]3)[nH]2)n1.Cc1ccc(-n2[nH]c(CSc3ccccc3)cc2=O)nc1.O=c1cc(CSc2ccccc2)[nH]n1C1=Nc2ccccc2C1.O=c1cc(CSc2cccnc2)[nH]n1C1=Nc2ccccc2C1.O=c1cc(CSc2nnc(-c3ccccc3)o2)[nH]n1C1=Nc2ccccc2C1. The fraction of sp³-hybridized carbons (Fsp3) is 0.136. The first kappa shape index (κ1) is 96.2. The summed E-state index contributed by atoms with van der Waals surface area (Å²) in [6.07, 6.45) is 8.96. The van der Waals surface area contributed by atoms with Crippen LogP contribution in [-0.4, -0.2) is 131 Å². The Morgan fingerprint density at radius 1 is 0.324 bits per heavy atom. The number of aromatic amines is 7. The van der Waals surface area contributed by atoms with Crippen LogP contribution in [-0.2, 0) is 53.8 Å². The first-order chi connectivity index (χ1) is 69.3. The molecule has 0 saturated heterocycles. The van der Waals surface area contributed by atoms with Crippen molar-refractivity contribution in [1.29, 1.82) is 0 Å². The van der Waals surface area contributed by atoms with E-state index in [9.17, 15) is 28.8 Å². The van der Waals surface area contributed by atoms with E-state index in [0.29, 0.717) is 87.1 Å². The molecule has 142 heavy (non-hydrogen) atoms. The molecule has 0 spiro atoms. The number of pyridine rings is 3. The number of fused-ring (bicyclic) bond motifs is 4. The fourth-order valence-electron chi connectivity index (χ4n) is 14.9. The van der Waals surface area contributed by atoms with Gasteiger partial charge in [-0.2, -0.15) is 4.68 Å². The van der Waals surface area contributed by atoms with Gasteiger partial charge in [0.15, 0.2) is 21.9 Å². The van der Waals surface area contributed by atoms with E-state index < -0.39 is 0 Å². The Hall–Kier alpha value is -16.1. The van der Waals surface area contributed by atoms with Crippen molar-refractivity contribution in [3.05, 3.63) is 445 Å². The molecule has 0 aliphatic carbocycles. The molecule has 3 aliphatic rings. The summed E-state index contributed by atoms with van der Waals surface area (Å²) >= 11 is 9.39. The van der Waals surface area contributed by atoms with E-state index in [1.807, 2.05) is 253 Å². The van der Waals surface area contributed by atoms with Gasteiger partial charge in [0, 0.05) is 192 Å².